The highest BCUT2D eigenvalue weighted by Crippen LogP contribution is 2.26. The molecule has 1 fully saturated rings. The zero-order valence-electron chi connectivity index (χ0n) is 19.9. The van der Waals surface area contributed by atoms with Crippen LogP contribution in [0.25, 0.3) is 0 Å². The summed E-state index contributed by atoms with van der Waals surface area (Å²) in [7, 11) is 5.79. The molecule has 0 spiro atoms. The van der Waals surface area contributed by atoms with Crippen LogP contribution in [0.4, 0.5) is 5.69 Å². The molecule has 1 aliphatic rings. The molecular formula is C24H37IN6O. The molecule has 8 heteroatoms. The van der Waals surface area contributed by atoms with Gasteiger partial charge in [0, 0.05) is 57.6 Å². The number of rotatable bonds is 7. The molecule has 0 bridgehead atoms. The first-order valence-corrected chi connectivity index (χ1v) is 11.2. The van der Waals surface area contributed by atoms with Crippen LogP contribution in [0, 0.1) is 5.92 Å². The minimum absolute atomic E-state index is 0. The van der Waals surface area contributed by atoms with Crippen molar-refractivity contribution < 1.29 is 4.79 Å². The van der Waals surface area contributed by atoms with Crippen LogP contribution in [0.3, 0.4) is 0 Å². The predicted octanol–water partition coefficient (Wildman–Crippen LogP) is 4.50. The molecule has 3 rings (SSSR count). The molecule has 0 aliphatic heterocycles. The van der Waals surface area contributed by atoms with Crippen molar-refractivity contribution in [3.8, 4) is 0 Å². The molecule has 176 valence electrons. The van der Waals surface area contributed by atoms with Crippen molar-refractivity contribution in [2.45, 2.75) is 58.5 Å². The number of nitrogens with zero attached hydrogens (tertiary/aromatic N) is 4. The number of aliphatic imine (C=N–C) groups is 1. The van der Waals surface area contributed by atoms with Crippen LogP contribution < -0.4 is 10.6 Å². The Labute approximate surface area is 209 Å². The van der Waals surface area contributed by atoms with E-state index >= 15 is 0 Å². The van der Waals surface area contributed by atoms with Crippen LogP contribution in [-0.4, -0.2) is 40.6 Å². The van der Waals surface area contributed by atoms with Crippen LogP contribution in [0.5, 0.6) is 0 Å². The van der Waals surface area contributed by atoms with Gasteiger partial charge in [-0.15, -0.1) is 24.0 Å². The highest BCUT2D eigenvalue weighted by Gasteiger charge is 2.22. The van der Waals surface area contributed by atoms with E-state index in [4.69, 9.17) is 0 Å². The molecule has 1 aromatic carbocycles. The van der Waals surface area contributed by atoms with Crippen molar-refractivity contribution >= 4 is 41.5 Å². The van der Waals surface area contributed by atoms with E-state index in [2.05, 4.69) is 51.7 Å². The van der Waals surface area contributed by atoms with E-state index < -0.39 is 0 Å². The number of amides is 1. The van der Waals surface area contributed by atoms with Crippen molar-refractivity contribution in [1.82, 2.24) is 20.0 Å². The maximum Gasteiger partial charge on any atom is 0.227 e. The number of carbonyl (C=O) groups excluding carboxylic acids is 1. The van der Waals surface area contributed by atoms with Gasteiger partial charge < -0.3 is 15.5 Å². The van der Waals surface area contributed by atoms with E-state index in [0.29, 0.717) is 12.5 Å². The van der Waals surface area contributed by atoms with E-state index in [1.807, 2.05) is 37.0 Å². The number of aromatic nitrogens is 2. The summed E-state index contributed by atoms with van der Waals surface area (Å²) in [5.41, 5.74) is 4.29. The Morgan fingerprint density at radius 2 is 2.03 bits per heavy atom. The van der Waals surface area contributed by atoms with Gasteiger partial charge in [-0.25, -0.2) is 0 Å². The minimum atomic E-state index is 0. The van der Waals surface area contributed by atoms with E-state index in [9.17, 15) is 4.79 Å². The van der Waals surface area contributed by atoms with Gasteiger partial charge in [-0.2, -0.15) is 5.10 Å². The fraction of sp³-hybridized carbons (Fsp3) is 0.542. The lowest BCUT2D eigenvalue weighted by atomic mass is 10.1. The number of guanidine groups is 1. The van der Waals surface area contributed by atoms with Gasteiger partial charge in [-0.3, -0.25) is 14.5 Å². The second kappa shape index (κ2) is 12.2. The molecule has 0 unspecified atom stereocenters. The number of nitrogens with one attached hydrogen (secondary N) is 2. The minimum Gasteiger partial charge on any atom is -0.352 e. The van der Waals surface area contributed by atoms with Gasteiger partial charge >= 0.3 is 0 Å². The summed E-state index contributed by atoms with van der Waals surface area (Å²) in [5.74, 6) is 1.51. The highest BCUT2D eigenvalue weighted by molar-refractivity contribution is 14.0. The Kier molecular flexibility index (Phi) is 9.99. The molecule has 32 heavy (non-hydrogen) atoms. The molecule has 0 radical (unpaired) electrons. The fourth-order valence-corrected chi connectivity index (χ4v) is 4.25. The maximum atomic E-state index is 12.4. The second-order valence-corrected chi connectivity index (χ2v) is 8.80. The van der Waals surface area contributed by atoms with Crippen LogP contribution in [-0.2, 0) is 24.9 Å². The van der Waals surface area contributed by atoms with Gasteiger partial charge in [0.05, 0.1) is 5.69 Å². The predicted molar refractivity (Wildman–Crippen MR) is 141 cm³/mol. The van der Waals surface area contributed by atoms with E-state index in [0.717, 1.165) is 55.1 Å². The summed E-state index contributed by atoms with van der Waals surface area (Å²) >= 11 is 0. The number of hydrogen-bond acceptors (Lipinski definition) is 3. The van der Waals surface area contributed by atoms with Crippen molar-refractivity contribution in [2.75, 3.05) is 19.4 Å². The topological polar surface area (TPSA) is 74.6 Å². The third kappa shape index (κ3) is 6.95. The summed E-state index contributed by atoms with van der Waals surface area (Å²) in [6.45, 7) is 5.70. The number of halogens is 1. The Balaban J connectivity index is 0.00000363. The Bertz CT molecular complexity index is 917. The molecule has 1 aromatic heterocycles. The smallest absolute Gasteiger partial charge is 0.227 e. The van der Waals surface area contributed by atoms with Crippen LogP contribution in [0.1, 0.15) is 62.3 Å². The van der Waals surface area contributed by atoms with Gasteiger partial charge in [0.2, 0.25) is 5.91 Å². The molecule has 1 saturated carbocycles. The second-order valence-electron chi connectivity index (χ2n) is 8.80. The third-order valence-electron chi connectivity index (χ3n) is 5.84. The first-order valence-electron chi connectivity index (χ1n) is 11.2. The van der Waals surface area contributed by atoms with Gasteiger partial charge in [0.15, 0.2) is 5.96 Å². The number of aryl methyl sites for hydroxylation is 1. The average Bonchev–Trinajstić information content (AvgIpc) is 3.39. The number of hydrogen-bond donors (Lipinski definition) is 2. The fourth-order valence-electron chi connectivity index (χ4n) is 4.25. The van der Waals surface area contributed by atoms with Crippen LogP contribution >= 0.6 is 24.0 Å². The molecule has 2 aromatic rings. The summed E-state index contributed by atoms with van der Waals surface area (Å²) in [6.07, 6.45) is 6.41. The van der Waals surface area contributed by atoms with E-state index in [-0.39, 0.29) is 35.8 Å². The molecule has 2 N–H and O–H groups in total. The van der Waals surface area contributed by atoms with E-state index in [1.54, 1.807) is 7.05 Å². The maximum absolute atomic E-state index is 12.4. The summed E-state index contributed by atoms with van der Waals surface area (Å²) in [6, 6.07) is 8.03. The quantitative estimate of drug-likeness (QED) is 0.302. The molecule has 0 saturated heterocycles. The molecule has 0 atom stereocenters. The summed E-state index contributed by atoms with van der Waals surface area (Å²) < 4.78 is 1.88. The molecule has 1 heterocycles. The van der Waals surface area contributed by atoms with Crippen molar-refractivity contribution in [3.63, 3.8) is 0 Å². The van der Waals surface area contributed by atoms with Crippen molar-refractivity contribution in [1.29, 1.82) is 0 Å². The first kappa shape index (κ1) is 26.2. The highest BCUT2D eigenvalue weighted by atomic mass is 127. The standard InChI is InChI=1S/C24H36N6O.HI/c1-17(2)22-20(16-30(5)28-22)15-29(4)24(25-3)26-14-18-9-8-12-21(13-18)27-23(31)19-10-6-7-11-19;/h8-9,12-13,16-17,19H,6-7,10-11,14-15H2,1-5H3,(H,25,26)(H,27,31);1H. The summed E-state index contributed by atoms with van der Waals surface area (Å²) in [4.78, 5) is 19.0. The largest absolute Gasteiger partial charge is 0.352 e. The lowest BCUT2D eigenvalue weighted by molar-refractivity contribution is -0.119. The zero-order valence-corrected chi connectivity index (χ0v) is 22.2. The Morgan fingerprint density at radius 1 is 1.31 bits per heavy atom. The molecular weight excluding hydrogens is 515 g/mol. The van der Waals surface area contributed by atoms with Gasteiger partial charge in [-0.1, -0.05) is 38.8 Å². The van der Waals surface area contributed by atoms with Crippen molar-refractivity contribution in [2.24, 2.45) is 18.0 Å². The van der Waals surface area contributed by atoms with Gasteiger partial charge in [0.25, 0.3) is 0 Å². The Hall–Kier alpha value is -2.10. The van der Waals surface area contributed by atoms with Crippen LogP contribution in [0.15, 0.2) is 35.5 Å². The average molecular weight is 553 g/mol. The number of carbonyl (C=O) groups is 1. The molecule has 1 amide bonds. The third-order valence-corrected chi connectivity index (χ3v) is 5.84. The first-order chi connectivity index (χ1) is 14.9. The number of anilines is 1. The lowest BCUT2D eigenvalue weighted by Gasteiger charge is -2.22. The van der Waals surface area contributed by atoms with Crippen LogP contribution in [0.2, 0.25) is 0 Å². The zero-order chi connectivity index (χ0) is 22.4. The summed E-state index contributed by atoms with van der Waals surface area (Å²) in [5, 5.41) is 11.1. The van der Waals surface area contributed by atoms with Gasteiger partial charge in [0.1, 0.15) is 0 Å². The molecule has 1 aliphatic carbocycles. The normalized spacial score (nSPS) is 14.4. The molecule has 7 nitrogen and oxygen atoms in total. The van der Waals surface area contributed by atoms with Gasteiger partial charge in [-0.05, 0) is 36.5 Å². The Morgan fingerprint density at radius 3 is 2.69 bits per heavy atom. The lowest BCUT2D eigenvalue weighted by Crippen LogP contribution is -2.38. The number of benzene rings is 1. The monoisotopic (exact) mass is 552 g/mol. The SMILES string of the molecule is CN=C(NCc1cccc(NC(=O)C2CCCC2)c1)N(C)Cc1cn(C)nc1C(C)C.I. The van der Waals surface area contributed by atoms with E-state index in [1.165, 1.54) is 5.56 Å². The van der Waals surface area contributed by atoms with Crippen molar-refractivity contribution in [3.05, 3.63) is 47.3 Å².